The molecule has 2 heterocycles. The average molecular weight is 951 g/mol. The first kappa shape index (κ1) is 52.8. The van der Waals surface area contributed by atoms with Crippen LogP contribution in [0.3, 0.4) is 0 Å². The van der Waals surface area contributed by atoms with Gasteiger partial charge < -0.3 is 50.5 Å². The van der Waals surface area contributed by atoms with Crippen molar-refractivity contribution in [1.29, 1.82) is 11.1 Å². The Hall–Kier alpha value is -7.86. The zero-order valence-electron chi connectivity index (χ0n) is 37.8. The van der Waals surface area contributed by atoms with Gasteiger partial charge in [-0.25, -0.2) is 28.6 Å². The van der Waals surface area contributed by atoms with Crippen LogP contribution in [-0.2, 0) is 33.2 Å². The molecule has 0 radical (unpaired) electrons. The lowest BCUT2D eigenvalue weighted by Crippen LogP contribution is -2.33. The van der Waals surface area contributed by atoms with Crippen LogP contribution in [0.4, 0.5) is 28.9 Å². The van der Waals surface area contributed by atoms with Crippen LogP contribution in [-0.4, -0.2) is 96.9 Å². The minimum absolute atomic E-state index is 0.00968. The molecule has 2 aromatic heterocycles. The van der Waals surface area contributed by atoms with Crippen LogP contribution in [0.5, 0.6) is 0 Å². The lowest BCUT2D eigenvalue weighted by Gasteiger charge is -2.08. The molecule has 2 aromatic carbocycles. The fourth-order valence-electron chi connectivity index (χ4n) is 6.74. The molecule has 0 spiro atoms. The number of halogens is 4. The number of aromatic nitrogens is 2. The van der Waals surface area contributed by atoms with E-state index in [2.05, 4.69) is 42.1 Å². The largest absolute Gasteiger partial charge is 0.387 e. The Balaban J connectivity index is 1.11. The van der Waals surface area contributed by atoms with Crippen LogP contribution in [0.15, 0.2) is 70.4 Å². The average Bonchev–Trinajstić information content (AvgIpc) is 3.67. The van der Waals surface area contributed by atoms with Gasteiger partial charge in [0.15, 0.2) is 23.3 Å². The predicted octanol–water partition coefficient (Wildman–Crippen LogP) is 4.91. The van der Waals surface area contributed by atoms with Crippen molar-refractivity contribution < 1.29 is 55.8 Å². The molecule has 68 heavy (non-hydrogen) atoms. The molecule has 4 amide bonds. The van der Waals surface area contributed by atoms with Crippen molar-refractivity contribution in [3.8, 4) is 0 Å². The molecule has 0 unspecified atom stereocenters. The first-order valence-electron chi connectivity index (χ1n) is 20.6. The van der Waals surface area contributed by atoms with E-state index in [1.165, 1.54) is 61.6 Å². The fourth-order valence-corrected chi connectivity index (χ4v) is 6.74. The summed E-state index contributed by atoms with van der Waals surface area (Å²) in [5.74, 6) is -9.78. The summed E-state index contributed by atoms with van der Waals surface area (Å²) in [7, 11) is 3.03. The SMILES string of the molecule is Cc1c(C(=O)C(=O)NC/C(=C/NCCOCCOCCN/C=C(/CNC(=O)C(=O)c2c(C)c(C(=O)Nc3ccc(F)c(F)c3)n(C)c2C)N=N)N=N)c(C)n(C)c1C(=O)Nc1ccc(F)c(F)c1. The molecule has 0 aliphatic rings. The lowest BCUT2D eigenvalue weighted by molar-refractivity contribution is -0.117. The van der Waals surface area contributed by atoms with E-state index >= 15 is 0 Å². The molecule has 0 fully saturated rings. The minimum atomic E-state index is -1.16. The highest BCUT2D eigenvalue weighted by atomic mass is 19.2. The van der Waals surface area contributed by atoms with Crippen molar-refractivity contribution in [3.63, 3.8) is 0 Å². The normalized spacial score (nSPS) is 11.4. The first-order valence-corrected chi connectivity index (χ1v) is 20.6. The van der Waals surface area contributed by atoms with E-state index in [1.54, 1.807) is 13.8 Å². The highest BCUT2D eigenvalue weighted by molar-refractivity contribution is 6.44. The second-order valence-electron chi connectivity index (χ2n) is 14.8. The molecule has 362 valence electrons. The molecule has 0 saturated carbocycles. The molecule has 4 aromatic rings. The van der Waals surface area contributed by atoms with Crippen molar-refractivity contribution in [3.05, 3.63) is 128 Å². The number of anilines is 2. The number of rotatable bonds is 25. The standard InChI is InChI=1S/C44H50F4N12O8/c1-23-35(25(3)59(5)37(23)41(63)55-27-7-9-31(45)33(47)17-27)39(61)43(65)53-21-29(57-49)19-51-11-13-67-15-16-68-14-12-52-20-30(58-50)22-54-44(66)40(62)36-24(2)38(60(6)26(36)4)42(64)56-28-8-10-32(46)34(48)18-28/h7-10,17-20,49-52H,11-16,21-22H2,1-6H3,(H,53,65)(H,54,66)(H,55,63)(H,56,64)/b29-19-,30-20-,57-49?,58-50?. The second kappa shape index (κ2) is 24.6. The number of carbonyl (C=O) groups is 6. The topological polar surface area (TPSA) is 275 Å². The van der Waals surface area contributed by atoms with Crippen LogP contribution in [0.2, 0.25) is 0 Å². The molecule has 4 rings (SSSR count). The summed E-state index contributed by atoms with van der Waals surface area (Å²) >= 11 is 0. The Kier molecular flexibility index (Phi) is 19.1. The number of nitrogens with one attached hydrogen (secondary N) is 8. The van der Waals surface area contributed by atoms with Crippen molar-refractivity contribution in [2.75, 3.05) is 63.2 Å². The Labute approximate surface area is 386 Å². The second-order valence-corrected chi connectivity index (χ2v) is 14.8. The minimum Gasteiger partial charge on any atom is -0.387 e. The van der Waals surface area contributed by atoms with Crippen molar-refractivity contribution >= 4 is 46.6 Å². The van der Waals surface area contributed by atoms with Gasteiger partial charge in [0.05, 0.1) is 62.0 Å². The monoisotopic (exact) mass is 950 g/mol. The van der Waals surface area contributed by atoms with Gasteiger partial charge in [-0.1, -0.05) is 0 Å². The van der Waals surface area contributed by atoms with Crippen molar-refractivity contribution in [1.82, 2.24) is 30.4 Å². The molecule has 0 atom stereocenters. The zero-order valence-corrected chi connectivity index (χ0v) is 37.8. The van der Waals surface area contributed by atoms with Crippen LogP contribution in [0.25, 0.3) is 0 Å². The van der Waals surface area contributed by atoms with E-state index in [1.807, 2.05) is 0 Å². The molecule has 0 bridgehead atoms. The third-order valence-electron chi connectivity index (χ3n) is 10.4. The third kappa shape index (κ3) is 13.4. The van der Waals surface area contributed by atoms with Crippen LogP contribution in [0, 0.1) is 62.0 Å². The number of nitrogens with zero attached hydrogens (tertiary/aromatic N) is 4. The molecule has 24 heteroatoms. The Morgan fingerprint density at radius 3 is 1.29 bits per heavy atom. The van der Waals surface area contributed by atoms with Gasteiger partial charge in [-0.05, 0) is 63.1 Å². The van der Waals surface area contributed by atoms with Gasteiger partial charge in [0.1, 0.15) is 11.4 Å². The number of hydrogen-bond donors (Lipinski definition) is 8. The van der Waals surface area contributed by atoms with Gasteiger partial charge in [-0.2, -0.15) is 10.2 Å². The summed E-state index contributed by atoms with van der Waals surface area (Å²) in [6.45, 7) is 7.01. The first-order chi connectivity index (χ1) is 32.3. The lowest BCUT2D eigenvalue weighted by atomic mass is 10.0. The Morgan fingerprint density at radius 2 is 0.956 bits per heavy atom. The number of amides is 4. The van der Waals surface area contributed by atoms with E-state index in [4.69, 9.17) is 20.5 Å². The predicted molar refractivity (Wildman–Crippen MR) is 237 cm³/mol. The number of Topliss-reactive ketones (excluding diaryl/α,β-unsaturated/α-hetero) is 2. The van der Waals surface area contributed by atoms with E-state index in [0.29, 0.717) is 24.5 Å². The van der Waals surface area contributed by atoms with Crippen LogP contribution >= 0.6 is 0 Å². The maximum absolute atomic E-state index is 13.7. The van der Waals surface area contributed by atoms with Crippen molar-refractivity contribution in [2.24, 2.45) is 24.3 Å². The molecule has 0 aliphatic heterocycles. The highest BCUT2D eigenvalue weighted by Gasteiger charge is 2.30. The third-order valence-corrected chi connectivity index (χ3v) is 10.4. The summed E-state index contributed by atoms with van der Waals surface area (Å²) < 4.78 is 67.8. The van der Waals surface area contributed by atoms with Gasteiger partial charge in [0.2, 0.25) is 0 Å². The number of hydrogen-bond acceptors (Lipinski definition) is 14. The molecule has 0 saturated heterocycles. The highest BCUT2D eigenvalue weighted by Crippen LogP contribution is 2.25. The van der Waals surface area contributed by atoms with E-state index < -0.39 is 58.5 Å². The number of benzene rings is 2. The quantitative estimate of drug-likeness (QED) is 0.0146. The molecule has 8 N–H and O–H groups in total. The smallest absolute Gasteiger partial charge is 0.292 e. The van der Waals surface area contributed by atoms with Gasteiger partial charge in [0, 0.05) is 74.5 Å². The molecular weight excluding hydrogens is 901 g/mol. The van der Waals surface area contributed by atoms with Gasteiger partial charge in [-0.3, -0.25) is 28.8 Å². The Bertz CT molecular complexity index is 2500. The molecule has 20 nitrogen and oxygen atoms in total. The van der Waals surface area contributed by atoms with Crippen LogP contribution < -0.4 is 31.9 Å². The van der Waals surface area contributed by atoms with Gasteiger partial charge in [0.25, 0.3) is 35.2 Å². The van der Waals surface area contributed by atoms with Gasteiger partial charge in [-0.15, -0.1) is 0 Å². The van der Waals surface area contributed by atoms with E-state index in [9.17, 15) is 46.3 Å². The fraction of sp³-hybridized carbons (Fsp3) is 0.318. The maximum atomic E-state index is 13.7. The Morgan fingerprint density at radius 1 is 0.588 bits per heavy atom. The number of ether oxygens (including phenoxy) is 2. The van der Waals surface area contributed by atoms with E-state index in [-0.39, 0.29) is 95.9 Å². The maximum Gasteiger partial charge on any atom is 0.292 e. The molecule has 0 aliphatic carbocycles. The van der Waals surface area contributed by atoms with E-state index in [0.717, 1.165) is 24.3 Å². The van der Waals surface area contributed by atoms with Crippen molar-refractivity contribution in [2.45, 2.75) is 27.7 Å². The zero-order chi connectivity index (χ0) is 50.2. The summed E-state index contributed by atoms with van der Waals surface area (Å²) in [6, 6.07) is 5.69. The summed E-state index contributed by atoms with van der Waals surface area (Å²) in [5.41, 5.74) is 16.0. The summed E-state index contributed by atoms with van der Waals surface area (Å²) in [4.78, 5) is 78.0. The summed E-state index contributed by atoms with van der Waals surface area (Å²) in [6.07, 6.45) is 2.73. The molecular formula is C44H50F4N12O8. The number of ketones is 2. The van der Waals surface area contributed by atoms with Gasteiger partial charge >= 0.3 is 0 Å². The summed E-state index contributed by atoms with van der Waals surface area (Å²) in [5, 5.41) is 22.2. The van der Waals surface area contributed by atoms with Crippen LogP contribution in [0.1, 0.15) is 64.2 Å². The number of carbonyl (C=O) groups excluding carboxylic acids is 6.